The smallest absolute Gasteiger partial charge is 0.271 e. The molecule has 0 aliphatic carbocycles. The minimum absolute atomic E-state index is 0.0718. The summed E-state index contributed by atoms with van der Waals surface area (Å²) in [6.45, 7) is 2.68. The summed E-state index contributed by atoms with van der Waals surface area (Å²) in [7, 11) is -3.50. The Balaban J connectivity index is 1.63. The molecule has 0 spiro atoms. The second-order valence-electron chi connectivity index (χ2n) is 6.80. The van der Waals surface area contributed by atoms with Gasteiger partial charge in [0, 0.05) is 36.6 Å². The Morgan fingerprint density at radius 3 is 2.38 bits per heavy atom. The first-order valence-electron chi connectivity index (χ1n) is 9.19. The molecular weight excluding hydrogens is 396 g/mol. The van der Waals surface area contributed by atoms with E-state index in [2.05, 4.69) is 10.6 Å². The number of rotatable bonds is 7. The minimum atomic E-state index is -3.50. The molecule has 2 aromatic rings. The van der Waals surface area contributed by atoms with Crippen LogP contribution in [0.15, 0.2) is 53.4 Å². The summed E-state index contributed by atoms with van der Waals surface area (Å²) in [6.07, 6.45) is 1.73. The number of hydrogen-bond donors (Lipinski definition) is 2. The van der Waals surface area contributed by atoms with Crippen molar-refractivity contribution in [1.82, 2.24) is 4.31 Å². The lowest BCUT2D eigenvalue weighted by molar-refractivity contribution is -0.384. The van der Waals surface area contributed by atoms with E-state index in [4.69, 9.17) is 0 Å². The standard InChI is InChI=1S/C19H22N4O5S/c1-14(20-16-5-4-6-17(13-16)23(25)26)19(24)21-15-7-9-18(10-8-15)29(27,28)22-11-2-3-12-22/h4-10,13-14,20H,2-3,11-12H2,1H3,(H,21,24)/t14-/m1/s1. The quantitative estimate of drug-likeness (QED) is 0.527. The molecule has 29 heavy (non-hydrogen) atoms. The second-order valence-corrected chi connectivity index (χ2v) is 8.74. The van der Waals surface area contributed by atoms with E-state index in [-0.39, 0.29) is 16.5 Å². The van der Waals surface area contributed by atoms with E-state index < -0.39 is 21.0 Å². The van der Waals surface area contributed by atoms with Gasteiger partial charge in [-0.25, -0.2) is 8.42 Å². The predicted molar refractivity (Wildman–Crippen MR) is 109 cm³/mol. The summed E-state index contributed by atoms with van der Waals surface area (Å²) in [4.78, 5) is 22.9. The molecule has 2 aromatic carbocycles. The molecule has 0 radical (unpaired) electrons. The molecule has 0 unspecified atom stereocenters. The number of non-ortho nitro benzene ring substituents is 1. The van der Waals surface area contributed by atoms with Gasteiger partial charge in [-0.2, -0.15) is 4.31 Å². The molecule has 154 valence electrons. The predicted octanol–water partition coefficient (Wildman–Crippen LogP) is 2.82. The van der Waals surface area contributed by atoms with E-state index in [0.717, 1.165) is 12.8 Å². The normalized spacial score (nSPS) is 15.6. The fourth-order valence-electron chi connectivity index (χ4n) is 3.06. The van der Waals surface area contributed by atoms with Gasteiger partial charge < -0.3 is 10.6 Å². The van der Waals surface area contributed by atoms with Crippen molar-refractivity contribution in [3.05, 3.63) is 58.6 Å². The summed E-state index contributed by atoms with van der Waals surface area (Å²) >= 11 is 0. The first kappa shape index (κ1) is 20.7. The third-order valence-electron chi connectivity index (χ3n) is 4.66. The summed E-state index contributed by atoms with van der Waals surface area (Å²) in [5, 5.41) is 16.5. The number of benzene rings is 2. The van der Waals surface area contributed by atoms with Crippen LogP contribution in [0.25, 0.3) is 0 Å². The van der Waals surface area contributed by atoms with Gasteiger partial charge in [0.2, 0.25) is 15.9 Å². The van der Waals surface area contributed by atoms with Crippen molar-refractivity contribution in [3.8, 4) is 0 Å². The van der Waals surface area contributed by atoms with Gasteiger partial charge in [-0.15, -0.1) is 0 Å². The van der Waals surface area contributed by atoms with Crippen LogP contribution in [0.2, 0.25) is 0 Å². The molecule has 2 N–H and O–H groups in total. The molecular formula is C19H22N4O5S. The molecule has 1 heterocycles. The summed E-state index contributed by atoms with van der Waals surface area (Å²) in [5.74, 6) is -0.355. The average molecular weight is 418 g/mol. The van der Waals surface area contributed by atoms with Gasteiger partial charge >= 0.3 is 0 Å². The Labute approximate surface area is 168 Å². The Bertz CT molecular complexity index is 1000. The highest BCUT2D eigenvalue weighted by atomic mass is 32.2. The highest BCUT2D eigenvalue weighted by molar-refractivity contribution is 7.89. The Morgan fingerprint density at radius 1 is 1.10 bits per heavy atom. The number of nitro groups is 1. The number of sulfonamides is 1. The van der Waals surface area contributed by atoms with E-state index >= 15 is 0 Å². The number of amides is 1. The fraction of sp³-hybridized carbons (Fsp3) is 0.316. The van der Waals surface area contributed by atoms with Gasteiger partial charge in [0.15, 0.2) is 0 Å². The third kappa shape index (κ3) is 4.90. The van der Waals surface area contributed by atoms with Crippen molar-refractivity contribution in [1.29, 1.82) is 0 Å². The van der Waals surface area contributed by atoms with Crippen LogP contribution in [0.4, 0.5) is 17.1 Å². The lowest BCUT2D eigenvalue weighted by Gasteiger charge is -2.17. The maximum Gasteiger partial charge on any atom is 0.271 e. The van der Waals surface area contributed by atoms with Crippen molar-refractivity contribution >= 4 is 33.0 Å². The molecule has 0 bridgehead atoms. The third-order valence-corrected chi connectivity index (χ3v) is 6.57. The number of nitrogens with one attached hydrogen (secondary N) is 2. The first-order chi connectivity index (χ1) is 13.8. The molecule has 10 heteroatoms. The van der Waals surface area contributed by atoms with Crippen LogP contribution in [0, 0.1) is 10.1 Å². The maximum atomic E-state index is 12.5. The number of carbonyl (C=O) groups excluding carboxylic acids is 1. The lowest BCUT2D eigenvalue weighted by Crippen LogP contribution is -2.32. The minimum Gasteiger partial charge on any atom is -0.374 e. The molecule has 9 nitrogen and oxygen atoms in total. The zero-order valence-corrected chi connectivity index (χ0v) is 16.7. The van der Waals surface area contributed by atoms with Crippen molar-refractivity contribution in [2.24, 2.45) is 0 Å². The van der Waals surface area contributed by atoms with Gasteiger partial charge in [-0.1, -0.05) is 6.07 Å². The highest BCUT2D eigenvalue weighted by Crippen LogP contribution is 2.22. The van der Waals surface area contributed by atoms with E-state index in [1.807, 2.05) is 0 Å². The van der Waals surface area contributed by atoms with E-state index in [9.17, 15) is 23.3 Å². The van der Waals surface area contributed by atoms with Gasteiger partial charge in [-0.3, -0.25) is 14.9 Å². The average Bonchev–Trinajstić information content (AvgIpc) is 3.24. The molecule has 0 aromatic heterocycles. The Kier molecular flexibility index (Phi) is 6.14. The van der Waals surface area contributed by atoms with Crippen molar-refractivity contribution < 1.29 is 18.1 Å². The van der Waals surface area contributed by atoms with Gasteiger partial charge in [0.05, 0.1) is 9.82 Å². The van der Waals surface area contributed by atoms with Crippen LogP contribution >= 0.6 is 0 Å². The molecule has 3 rings (SSSR count). The summed E-state index contributed by atoms with van der Waals surface area (Å²) < 4.78 is 26.5. The van der Waals surface area contributed by atoms with E-state index in [1.165, 1.54) is 34.6 Å². The monoisotopic (exact) mass is 418 g/mol. The van der Waals surface area contributed by atoms with Gasteiger partial charge in [0.1, 0.15) is 6.04 Å². The fourth-order valence-corrected chi connectivity index (χ4v) is 4.58. The summed E-state index contributed by atoms with van der Waals surface area (Å²) in [6, 6.07) is 11.3. The van der Waals surface area contributed by atoms with E-state index in [1.54, 1.807) is 25.1 Å². The second kappa shape index (κ2) is 8.58. The van der Waals surface area contributed by atoms with Crippen molar-refractivity contribution in [2.75, 3.05) is 23.7 Å². The molecule has 1 aliphatic rings. The first-order valence-corrected chi connectivity index (χ1v) is 10.6. The number of hydrogen-bond acceptors (Lipinski definition) is 6. The topological polar surface area (TPSA) is 122 Å². The molecule has 1 aliphatic heterocycles. The molecule has 1 fully saturated rings. The number of nitrogens with zero attached hydrogens (tertiary/aromatic N) is 2. The van der Waals surface area contributed by atoms with Crippen LogP contribution in [-0.4, -0.2) is 42.7 Å². The van der Waals surface area contributed by atoms with Crippen LogP contribution in [0.3, 0.4) is 0 Å². The van der Waals surface area contributed by atoms with E-state index in [0.29, 0.717) is 24.5 Å². The number of anilines is 2. The largest absolute Gasteiger partial charge is 0.374 e. The van der Waals surface area contributed by atoms with Gasteiger partial charge in [-0.05, 0) is 50.1 Å². The zero-order valence-electron chi connectivity index (χ0n) is 15.9. The van der Waals surface area contributed by atoms with Crippen molar-refractivity contribution in [2.45, 2.75) is 30.7 Å². The van der Waals surface area contributed by atoms with Crippen LogP contribution < -0.4 is 10.6 Å². The van der Waals surface area contributed by atoms with Crippen LogP contribution in [-0.2, 0) is 14.8 Å². The summed E-state index contributed by atoms with van der Waals surface area (Å²) in [5.41, 5.74) is 0.842. The highest BCUT2D eigenvalue weighted by Gasteiger charge is 2.27. The number of nitro benzene ring substituents is 1. The Morgan fingerprint density at radius 2 is 1.76 bits per heavy atom. The maximum absolute atomic E-state index is 12.5. The van der Waals surface area contributed by atoms with Crippen molar-refractivity contribution in [3.63, 3.8) is 0 Å². The Hall–Kier alpha value is -2.98. The van der Waals surface area contributed by atoms with Crippen LogP contribution in [0.1, 0.15) is 19.8 Å². The zero-order chi connectivity index (χ0) is 21.0. The van der Waals surface area contributed by atoms with Crippen LogP contribution in [0.5, 0.6) is 0 Å². The molecule has 1 atom stereocenters. The molecule has 0 saturated carbocycles. The molecule has 1 amide bonds. The van der Waals surface area contributed by atoms with Gasteiger partial charge in [0.25, 0.3) is 5.69 Å². The lowest BCUT2D eigenvalue weighted by atomic mass is 10.2. The SMILES string of the molecule is C[C@@H](Nc1cccc([N+](=O)[O-])c1)C(=O)Nc1ccc(S(=O)(=O)N2CCCC2)cc1. The number of carbonyl (C=O) groups is 1. The molecule has 1 saturated heterocycles.